The molecule has 1 aliphatic carbocycles. The standard InChI is InChI=1S/C17H26N2O3S/c1-14(15-9-5-3-6-10-15)19(23(2,21)22)13-17(20)18-16-11-7-4-8-12-16/h3,5-6,9-10,14,16H,4,7-8,11-13H2,1-2H3,(H,18,20). The summed E-state index contributed by atoms with van der Waals surface area (Å²) in [5.41, 5.74) is 0.878. The van der Waals surface area contributed by atoms with E-state index in [-0.39, 0.29) is 24.5 Å². The molecule has 1 N–H and O–H groups in total. The van der Waals surface area contributed by atoms with Gasteiger partial charge in [-0.15, -0.1) is 0 Å². The minimum absolute atomic E-state index is 0.134. The van der Waals surface area contributed by atoms with Crippen LogP contribution in [-0.2, 0) is 14.8 Å². The minimum atomic E-state index is -3.48. The van der Waals surface area contributed by atoms with Crippen LogP contribution in [0.25, 0.3) is 0 Å². The molecule has 1 saturated carbocycles. The highest BCUT2D eigenvalue weighted by molar-refractivity contribution is 7.88. The zero-order valence-corrected chi connectivity index (χ0v) is 14.7. The molecule has 1 aromatic rings. The zero-order valence-electron chi connectivity index (χ0n) is 13.9. The number of hydrogen-bond acceptors (Lipinski definition) is 3. The third-order valence-electron chi connectivity index (χ3n) is 4.41. The van der Waals surface area contributed by atoms with Gasteiger partial charge >= 0.3 is 0 Å². The Balaban J connectivity index is 2.05. The summed E-state index contributed by atoms with van der Waals surface area (Å²) in [5.74, 6) is -0.217. The van der Waals surface area contributed by atoms with E-state index in [1.807, 2.05) is 37.3 Å². The molecule has 0 bridgehead atoms. The summed E-state index contributed by atoms with van der Waals surface area (Å²) in [4.78, 5) is 12.3. The topological polar surface area (TPSA) is 66.5 Å². The van der Waals surface area contributed by atoms with Gasteiger partial charge in [-0.2, -0.15) is 4.31 Å². The average Bonchev–Trinajstić information content (AvgIpc) is 2.53. The van der Waals surface area contributed by atoms with Crippen LogP contribution in [0.5, 0.6) is 0 Å². The van der Waals surface area contributed by atoms with Crippen molar-refractivity contribution in [2.45, 2.75) is 51.1 Å². The number of carbonyl (C=O) groups is 1. The van der Waals surface area contributed by atoms with Crippen LogP contribution in [0.15, 0.2) is 30.3 Å². The second-order valence-corrected chi connectivity index (χ2v) is 8.23. The second-order valence-electron chi connectivity index (χ2n) is 6.30. The molecule has 1 amide bonds. The van der Waals surface area contributed by atoms with Crippen LogP contribution in [-0.4, -0.2) is 37.5 Å². The Morgan fingerprint density at radius 3 is 2.39 bits per heavy atom. The maximum Gasteiger partial charge on any atom is 0.235 e. The maximum absolute atomic E-state index is 12.3. The van der Waals surface area contributed by atoms with Crippen molar-refractivity contribution in [3.8, 4) is 0 Å². The van der Waals surface area contributed by atoms with Gasteiger partial charge in [-0.05, 0) is 25.3 Å². The summed E-state index contributed by atoms with van der Waals surface area (Å²) in [5, 5.41) is 2.98. The van der Waals surface area contributed by atoms with Crippen LogP contribution in [0.2, 0.25) is 0 Å². The van der Waals surface area contributed by atoms with Crippen LogP contribution in [0.4, 0.5) is 0 Å². The number of sulfonamides is 1. The van der Waals surface area contributed by atoms with Crippen molar-refractivity contribution in [1.82, 2.24) is 9.62 Å². The number of amides is 1. The van der Waals surface area contributed by atoms with Crippen molar-refractivity contribution in [3.63, 3.8) is 0 Å². The first-order valence-electron chi connectivity index (χ1n) is 8.19. The zero-order chi connectivity index (χ0) is 16.9. The molecular weight excluding hydrogens is 312 g/mol. The van der Waals surface area contributed by atoms with Gasteiger partial charge in [-0.3, -0.25) is 4.79 Å². The van der Waals surface area contributed by atoms with E-state index < -0.39 is 10.0 Å². The first-order chi connectivity index (χ1) is 10.9. The molecule has 0 radical (unpaired) electrons. The summed E-state index contributed by atoms with van der Waals surface area (Å²) in [7, 11) is -3.48. The Bertz CT molecular complexity index is 610. The highest BCUT2D eigenvalue weighted by Crippen LogP contribution is 2.22. The summed E-state index contributed by atoms with van der Waals surface area (Å²) >= 11 is 0. The number of nitrogens with zero attached hydrogens (tertiary/aromatic N) is 1. The fourth-order valence-corrected chi connectivity index (χ4v) is 4.15. The average molecular weight is 338 g/mol. The molecule has 1 aromatic carbocycles. The van der Waals surface area contributed by atoms with Gasteiger partial charge in [-0.25, -0.2) is 8.42 Å². The summed E-state index contributed by atoms with van der Waals surface area (Å²) < 4.78 is 25.5. The molecular formula is C17H26N2O3S. The molecule has 6 heteroatoms. The van der Waals surface area contributed by atoms with Crippen molar-refractivity contribution >= 4 is 15.9 Å². The van der Waals surface area contributed by atoms with Gasteiger partial charge in [0.15, 0.2) is 0 Å². The van der Waals surface area contributed by atoms with Crippen LogP contribution in [0.1, 0.15) is 50.6 Å². The Labute approximate surface area is 139 Å². The lowest BCUT2D eigenvalue weighted by Crippen LogP contribution is -2.45. The predicted octanol–water partition coefficient (Wildman–Crippen LogP) is 2.46. The van der Waals surface area contributed by atoms with Gasteiger partial charge in [0, 0.05) is 12.1 Å². The predicted molar refractivity (Wildman–Crippen MR) is 91.4 cm³/mol. The highest BCUT2D eigenvalue weighted by atomic mass is 32.2. The van der Waals surface area contributed by atoms with Crippen molar-refractivity contribution in [2.24, 2.45) is 0 Å². The molecule has 1 fully saturated rings. The van der Waals surface area contributed by atoms with Crippen LogP contribution >= 0.6 is 0 Å². The molecule has 1 aliphatic rings. The monoisotopic (exact) mass is 338 g/mol. The van der Waals surface area contributed by atoms with E-state index in [0.29, 0.717) is 0 Å². The van der Waals surface area contributed by atoms with E-state index in [1.54, 1.807) is 0 Å². The van der Waals surface area contributed by atoms with Gasteiger partial charge < -0.3 is 5.32 Å². The number of carbonyl (C=O) groups excluding carboxylic acids is 1. The maximum atomic E-state index is 12.3. The van der Waals surface area contributed by atoms with Gasteiger partial charge in [0.05, 0.1) is 12.8 Å². The van der Waals surface area contributed by atoms with Gasteiger partial charge in [0.2, 0.25) is 15.9 Å². The van der Waals surface area contributed by atoms with E-state index in [9.17, 15) is 13.2 Å². The fraction of sp³-hybridized carbons (Fsp3) is 0.588. The highest BCUT2D eigenvalue weighted by Gasteiger charge is 2.27. The number of nitrogens with one attached hydrogen (secondary N) is 1. The van der Waals surface area contributed by atoms with Crippen molar-refractivity contribution in [1.29, 1.82) is 0 Å². The molecule has 0 spiro atoms. The van der Waals surface area contributed by atoms with Gasteiger partial charge in [-0.1, -0.05) is 49.6 Å². The van der Waals surface area contributed by atoms with Crippen LogP contribution in [0.3, 0.4) is 0 Å². The second kappa shape index (κ2) is 7.93. The summed E-state index contributed by atoms with van der Waals surface area (Å²) in [6.07, 6.45) is 6.59. The Morgan fingerprint density at radius 1 is 1.22 bits per heavy atom. The van der Waals surface area contributed by atoms with Crippen molar-refractivity contribution in [2.75, 3.05) is 12.8 Å². The molecule has 5 nitrogen and oxygen atoms in total. The smallest absolute Gasteiger partial charge is 0.235 e. The number of rotatable bonds is 6. The number of hydrogen-bond donors (Lipinski definition) is 1. The van der Waals surface area contributed by atoms with Crippen LogP contribution in [0, 0.1) is 0 Å². The number of benzene rings is 1. The molecule has 23 heavy (non-hydrogen) atoms. The lowest BCUT2D eigenvalue weighted by molar-refractivity contribution is -0.122. The SMILES string of the molecule is CC(c1ccccc1)N(CC(=O)NC1CCCCC1)S(C)(=O)=O. The summed E-state index contributed by atoms with van der Waals surface area (Å²) in [6.45, 7) is 1.68. The molecule has 0 aliphatic heterocycles. The quantitative estimate of drug-likeness (QED) is 0.866. The van der Waals surface area contributed by atoms with E-state index >= 15 is 0 Å². The Hall–Kier alpha value is -1.40. The lowest BCUT2D eigenvalue weighted by atomic mass is 9.95. The van der Waals surface area contributed by atoms with E-state index in [4.69, 9.17) is 0 Å². The third kappa shape index (κ3) is 5.32. The normalized spacial score (nSPS) is 17.9. The molecule has 1 atom stereocenters. The molecule has 1 unspecified atom stereocenters. The summed E-state index contributed by atoms with van der Waals surface area (Å²) in [6, 6.07) is 9.19. The first-order valence-corrected chi connectivity index (χ1v) is 10.0. The van der Waals surface area contributed by atoms with E-state index in [2.05, 4.69) is 5.32 Å². The van der Waals surface area contributed by atoms with E-state index in [1.165, 1.54) is 10.7 Å². The third-order valence-corrected chi connectivity index (χ3v) is 5.71. The molecule has 128 valence electrons. The van der Waals surface area contributed by atoms with Gasteiger partial charge in [0.1, 0.15) is 0 Å². The van der Waals surface area contributed by atoms with Gasteiger partial charge in [0.25, 0.3) is 0 Å². The molecule has 0 aromatic heterocycles. The van der Waals surface area contributed by atoms with E-state index in [0.717, 1.165) is 37.5 Å². The minimum Gasteiger partial charge on any atom is -0.352 e. The molecule has 0 heterocycles. The molecule has 0 saturated heterocycles. The van der Waals surface area contributed by atoms with Crippen LogP contribution < -0.4 is 5.32 Å². The Kier molecular flexibility index (Phi) is 6.18. The molecule has 2 rings (SSSR count). The Morgan fingerprint density at radius 2 is 1.83 bits per heavy atom. The largest absolute Gasteiger partial charge is 0.352 e. The lowest BCUT2D eigenvalue weighted by Gasteiger charge is -2.28. The fourth-order valence-electron chi connectivity index (χ4n) is 3.10. The van der Waals surface area contributed by atoms with Crippen molar-refractivity contribution < 1.29 is 13.2 Å². The van der Waals surface area contributed by atoms with Crippen molar-refractivity contribution in [3.05, 3.63) is 35.9 Å². The first kappa shape index (κ1) is 17.9.